The van der Waals surface area contributed by atoms with Gasteiger partial charge in [0.25, 0.3) is 5.91 Å². The van der Waals surface area contributed by atoms with Crippen LogP contribution in [0.5, 0.6) is 0 Å². The first-order valence-corrected chi connectivity index (χ1v) is 11.9. The van der Waals surface area contributed by atoms with Gasteiger partial charge in [-0.05, 0) is 51.1 Å². The van der Waals surface area contributed by atoms with E-state index in [4.69, 9.17) is 4.74 Å². The largest absolute Gasteiger partial charge is 0.466 e. The number of hydrogen-bond donors (Lipinski definition) is 1. The highest BCUT2D eigenvalue weighted by atomic mass is 32.2. The van der Waals surface area contributed by atoms with Crippen LogP contribution in [0.4, 0.5) is 5.69 Å². The van der Waals surface area contributed by atoms with Crippen LogP contribution in [-0.4, -0.2) is 75.2 Å². The summed E-state index contributed by atoms with van der Waals surface area (Å²) < 4.78 is 30.4. The fourth-order valence-electron chi connectivity index (χ4n) is 3.62. The van der Waals surface area contributed by atoms with Crippen molar-refractivity contribution in [3.05, 3.63) is 29.8 Å². The van der Waals surface area contributed by atoms with Gasteiger partial charge in [0, 0.05) is 30.4 Å². The fourth-order valence-corrected chi connectivity index (χ4v) is 4.18. The third-order valence-electron chi connectivity index (χ3n) is 4.93. The van der Waals surface area contributed by atoms with E-state index in [0.29, 0.717) is 24.4 Å². The summed E-state index contributed by atoms with van der Waals surface area (Å²) in [6.45, 7) is 6.86. The molecule has 162 valence electrons. The number of hydrogen-bond acceptors (Lipinski definition) is 6. The molecule has 9 heteroatoms. The Hall–Kier alpha value is -2.13. The van der Waals surface area contributed by atoms with E-state index in [2.05, 4.69) is 16.5 Å². The molecule has 0 bridgehead atoms. The number of rotatable bonds is 10. The van der Waals surface area contributed by atoms with E-state index >= 15 is 0 Å². The quantitative estimate of drug-likeness (QED) is 0.576. The summed E-state index contributed by atoms with van der Waals surface area (Å²) in [6, 6.07) is 6.66. The van der Waals surface area contributed by atoms with Crippen LogP contribution in [0, 0.1) is 0 Å². The van der Waals surface area contributed by atoms with E-state index in [1.54, 1.807) is 30.0 Å². The minimum absolute atomic E-state index is 0.125. The number of ether oxygens (including phenoxy) is 1. The number of carbonyl (C=O) groups is 2. The molecule has 1 aliphatic heterocycles. The number of likely N-dealkylation sites (tertiary alicyclic amines) is 1. The number of sulfonamides is 1. The molecule has 1 aromatic carbocycles. The van der Waals surface area contributed by atoms with Crippen LogP contribution in [0.2, 0.25) is 0 Å². The van der Waals surface area contributed by atoms with E-state index < -0.39 is 10.0 Å². The second-order valence-corrected chi connectivity index (χ2v) is 8.93. The molecule has 1 heterocycles. The van der Waals surface area contributed by atoms with Gasteiger partial charge in [-0.25, -0.2) is 8.42 Å². The number of nitrogens with zero attached hydrogens (tertiary/aromatic N) is 2. The summed E-state index contributed by atoms with van der Waals surface area (Å²) in [4.78, 5) is 29.0. The molecule has 2 rings (SSSR count). The van der Waals surface area contributed by atoms with Crippen LogP contribution < -0.4 is 4.72 Å². The Labute approximate surface area is 173 Å². The van der Waals surface area contributed by atoms with Crippen molar-refractivity contribution in [3.8, 4) is 0 Å². The van der Waals surface area contributed by atoms with Crippen LogP contribution in [-0.2, 0) is 19.6 Å². The molecule has 1 N–H and O–H groups in total. The average molecular weight is 426 g/mol. The summed E-state index contributed by atoms with van der Waals surface area (Å²) >= 11 is 0. The lowest BCUT2D eigenvalue weighted by atomic mass is 10.1. The molecule has 8 nitrogen and oxygen atoms in total. The molecule has 1 unspecified atom stereocenters. The van der Waals surface area contributed by atoms with Crippen molar-refractivity contribution in [2.24, 2.45) is 0 Å². The first kappa shape index (κ1) is 23.2. The number of likely N-dealkylation sites (N-methyl/N-ethyl adjacent to an activating group) is 1. The zero-order valence-electron chi connectivity index (χ0n) is 17.4. The summed E-state index contributed by atoms with van der Waals surface area (Å²) in [5, 5.41) is 0. The fraction of sp³-hybridized carbons (Fsp3) is 0.600. The highest BCUT2D eigenvalue weighted by Crippen LogP contribution is 2.20. The van der Waals surface area contributed by atoms with Gasteiger partial charge in [-0.1, -0.05) is 13.0 Å². The van der Waals surface area contributed by atoms with Crippen molar-refractivity contribution >= 4 is 27.6 Å². The maximum absolute atomic E-state index is 13.2. The van der Waals surface area contributed by atoms with Gasteiger partial charge in [0.2, 0.25) is 10.0 Å². The van der Waals surface area contributed by atoms with E-state index in [-0.39, 0.29) is 30.9 Å². The Kier molecular flexibility index (Phi) is 8.45. The second kappa shape index (κ2) is 10.6. The first-order valence-electron chi connectivity index (χ1n) is 10.00. The average Bonchev–Trinajstić information content (AvgIpc) is 3.10. The predicted molar refractivity (Wildman–Crippen MR) is 112 cm³/mol. The number of carbonyl (C=O) groups excluding carboxylic acids is 2. The van der Waals surface area contributed by atoms with Gasteiger partial charge >= 0.3 is 5.97 Å². The van der Waals surface area contributed by atoms with Crippen molar-refractivity contribution in [1.29, 1.82) is 0 Å². The Morgan fingerprint density at radius 2 is 2.07 bits per heavy atom. The van der Waals surface area contributed by atoms with Crippen LogP contribution in [0.25, 0.3) is 0 Å². The van der Waals surface area contributed by atoms with Gasteiger partial charge in [-0.15, -0.1) is 0 Å². The lowest BCUT2D eigenvalue weighted by Gasteiger charge is -2.30. The molecule has 0 aliphatic carbocycles. The van der Waals surface area contributed by atoms with Gasteiger partial charge in [0.1, 0.15) is 0 Å². The lowest BCUT2D eigenvalue weighted by Crippen LogP contribution is -2.44. The predicted octanol–water partition coefficient (Wildman–Crippen LogP) is 1.94. The lowest BCUT2D eigenvalue weighted by molar-refractivity contribution is -0.143. The molecule has 1 saturated heterocycles. The highest BCUT2D eigenvalue weighted by molar-refractivity contribution is 7.92. The van der Waals surface area contributed by atoms with Crippen LogP contribution >= 0.6 is 0 Å². The maximum Gasteiger partial charge on any atom is 0.307 e. The van der Waals surface area contributed by atoms with Gasteiger partial charge in [0.15, 0.2) is 0 Å². The van der Waals surface area contributed by atoms with Crippen LogP contribution in [0.1, 0.15) is 43.5 Å². The molecular formula is C20H31N3O5S. The van der Waals surface area contributed by atoms with Gasteiger partial charge in [-0.2, -0.15) is 0 Å². The van der Waals surface area contributed by atoms with E-state index in [1.165, 1.54) is 6.07 Å². The molecule has 1 aliphatic rings. The Balaban J connectivity index is 2.18. The smallest absolute Gasteiger partial charge is 0.307 e. The van der Waals surface area contributed by atoms with E-state index in [1.807, 2.05) is 0 Å². The number of anilines is 1. The number of amides is 1. The molecule has 1 fully saturated rings. The summed E-state index contributed by atoms with van der Waals surface area (Å²) in [7, 11) is -3.44. The summed E-state index contributed by atoms with van der Waals surface area (Å²) in [5.74, 6) is -0.564. The van der Waals surface area contributed by atoms with Gasteiger partial charge in [-0.3, -0.25) is 19.2 Å². The third-order valence-corrected chi connectivity index (χ3v) is 5.53. The molecular weight excluding hydrogens is 394 g/mol. The molecule has 0 aromatic heterocycles. The second-order valence-electron chi connectivity index (χ2n) is 7.19. The monoisotopic (exact) mass is 425 g/mol. The summed E-state index contributed by atoms with van der Waals surface area (Å²) in [5.41, 5.74) is 0.711. The topological polar surface area (TPSA) is 96.0 Å². The van der Waals surface area contributed by atoms with Crippen LogP contribution in [0.3, 0.4) is 0 Å². The molecule has 0 spiro atoms. The SMILES string of the molecule is CCOC(=O)CCN(CC1CCCN1CC)C(=O)c1cccc(NS(C)(=O)=O)c1. The summed E-state index contributed by atoms with van der Waals surface area (Å²) in [6.07, 6.45) is 3.28. The number of nitrogens with one attached hydrogen (secondary N) is 1. The number of esters is 1. The van der Waals surface area contributed by atoms with Crippen molar-refractivity contribution in [1.82, 2.24) is 9.80 Å². The standard InChI is InChI=1S/C20H31N3O5S/c1-4-22-12-7-10-18(22)15-23(13-11-19(24)28-5-2)20(25)16-8-6-9-17(14-16)21-29(3,26)27/h6,8-9,14,18,21H,4-5,7,10-13,15H2,1-3H3. The molecule has 0 saturated carbocycles. The molecule has 29 heavy (non-hydrogen) atoms. The van der Waals surface area contributed by atoms with Gasteiger partial charge in [0.05, 0.1) is 19.3 Å². The van der Waals surface area contributed by atoms with E-state index in [0.717, 1.165) is 32.2 Å². The zero-order valence-corrected chi connectivity index (χ0v) is 18.2. The van der Waals surface area contributed by atoms with E-state index in [9.17, 15) is 18.0 Å². The van der Waals surface area contributed by atoms with Crippen molar-refractivity contribution in [2.45, 2.75) is 39.2 Å². The van der Waals surface area contributed by atoms with Crippen LogP contribution in [0.15, 0.2) is 24.3 Å². The third kappa shape index (κ3) is 7.32. The zero-order chi connectivity index (χ0) is 21.4. The minimum Gasteiger partial charge on any atom is -0.466 e. The Morgan fingerprint density at radius 3 is 2.72 bits per heavy atom. The van der Waals surface area contributed by atoms with Crippen molar-refractivity contribution < 1.29 is 22.7 Å². The van der Waals surface area contributed by atoms with Crippen molar-refractivity contribution in [2.75, 3.05) is 43.8 Å². The number of benzene rings is 1. The Bertz CT molecular complexity index is 812. The normalized spacial score (nSPS) is 17.1. The Morgan fingerprint density at radius 1 is 1.31 bits per heavy atom. The highest BCUT2D eigenvalue weighted by Gasteiger charge is 2.28. The molecule has 1 atom stereocenters. The molecule has 1 amide bonds. The molecule has 1 aromatic rings. The maximum atomic E-state index is 13.2. The molecule has 0 radical (unpaired) electrons. The first-order chi connectivity index (χ1) is 13.7. The minimum atomic E-state index is -3.44. The van der Waals surface area contributed by atoms with Gasteiger partial charge < -0.3 is 9.64 Å². The van der Waals surface area contributed by atoms with Crippen molar-refractivity contribution in [3.63, 3.8) is 0 Å².